The maximum Gasteiger partial charge on any atom is 0.244 e. The first-order chi connectivity index (χ1) is 9.95. The Labute approximate surface area is 132 Å². The summed E-state index contributed by atoms with van der Waals surface area (Å²) in [7, 11) is -1.33. The van der Waals surface area contributed by atoms with Gasteiger partial charge in [0, 0.05) is 35.9 Å². The standard InChI is InChI=1S/C14H25N3O2S2/c1-4-15-9-13-8-14(11-20-13)21(18,19)17-7-5-6-16(3)10-12(17)2/h8,11-12,15H,4-7,9-10H2,1-3H3. The second kappa shape index (κ2) is 7.19. The highest BCUT2D eigenvalue weighted by atomic mass is 32.2. The van der Waals surface area contributed by atoms with Gasteiger partial charge in [0.15, 0.2) is 0 Å². The molecule has 7 heteroatoms. The van der Waals surface area contributed by atoms with Gasteiger partial charge in [0.05, 0.1) is 4.90 Å². The molecule has 2 rings (SSSR count). The van der Waals surface area contributed by atoms with E-state index >= 15 is 0 Å². The van der Waals surface area contributed by atoms with Crippen molar-refractivity contribution in [2.75, 3.05) is 33.2 Å². The van der Waals surface area contributed by atoms with Gasteiger partial charge in [0.1, 0.15) is 0 Å². The van der Waals surface area contributed by atoms with Crippen LogP contribution >= 0.6 is 11.3 Å². The van der Waals surface area contributed by atoms with E-state index in [0.29, 0.717) is 11.4 Å². The molecule has 1 aromatic rings. The molecule has 5 nitrogen and oxygen atoms in total. The highest BCUT2D eigenvalue weighted by molar-refractivity contribution is 7.89. The average molecular weight is 332 g/mol. The molecule has 0 aliphatic carbocycles. The molecule has 1 unspecified atom stereocenters. The molecule has 0 spiro atoms. The van der Waals surface area contributed by atoms with Crippen LogP contribution in [0.4, 0.5) is 0 Å². The van der Waals surface area contributed by atoms with E-state index in [-0.39, 0.29) is 6.04 Å². The molecule has 0 amide bonds. The van der Waals surface area contributed by atoms with Crippen LogP contribution in [-0.2, 0) is 16.6 Å². The molecule has 1 aliphatic rings. The van der Waals surface area contributed by atoms with Gasteiger partial charge in [-0.25, -0.2) is 8.42 Å². The Kier molecular flexibility index (Phi) is 5.79. The number of likely N-dealkylation sites (N-methyl/N-ethyl adjacent to an activating group) is 1. The molecule has 1 saturated heterocycles. The second-order valence-electron chi connectivity index (χ2n) is 5.61. The third-order valence-electron chi connectivity index (χ3n) is 3.77. The first-order valence-corrected chi connectivity index (χ1v) is 9.75. The third-order valence-corrected chi connectivity index (χ3v) is 6.85. The van der Waals surface area contributed by atoms with Crippen LogP contribution in [0, 0.1) is 0 Å². The minimum atomic E-state index is -3.37. The zero-order valence-electron chi connectivity index (χ0n) is 13.0. The summed E-state index contributed by atoms with van der Waals surface area (Å²) in [6, 6.07) is 1.82. The monoisotopic (exact) mass is 331 g/mol. The average Bonchev–Trinajstić information content (AvgIpc) is 2.83. The second-order valence-corrected chi connectivity index (χ2v) is 8.50. The van der Waals surface area contributed by atoms with E-state index in [2.05, 4.69) is 10.2 Å². The molecule has 0 saturated carbocycles. The van der Waals surface area contributed by atoms with Crippen molar-refractivity contribution < 1.29 is 8.42 Å². The molecule has 1 atom stereocenters. The molecule has 1 fully saturated rings. The fraction of sp³-hybridized carbons (Fsp3) is 0.714. The molecule has 2 heterocycles. The van der Waals surface area contributed by atoms with Gasteiger partial charge in [-0.3, -0.25) is 0 Å². The first-order valence-electron chi connectivity index (χ1n) is 7.43. The van der Waals surface area contributed by atoms with Crippen LogP contribution in [-0.4, -0.2) is 56.9 Å². The highest BCUT2D eigenvalue weighted by Gasteiger charge is 2.31. The number of nitrogens with one attached hydrogen (secondary N) is 1. The minimum Gasteiger partial charge on any atom is -0.312 e. The van der Waals surface area contributed by atoms with Crippen LogP contribution in [0.25, 0.3) is 0 Å². The number of sulfonamides is 1. The Morgan fingerprint density at radius 3 is 2.90 bits per heavy atom. The maximum atomic E-state index is 12.8. The molecular formula is C14H25N3O2S2. The van der Waals surface area contributed by atoms with Crippen LogP contribution in [0.15, 0.2) is 16.3 Å². The Bertz CT molecular complexity index is 556. The van der Waals surface area contributed by atoms with E-state index in [9.17, 15) is 8.42 Å². The minimum absolute atomic E-state index is 0.0135. The van der Waals surface area contributed by atoms with Crippen LogP contribution in [0.3, 0.4) is 0 Å². The molecule has 0 aromatic carbocycles. The topological polar surface area (TPSA) is 52.7 Å². The molecule has 1 N–H and O–H groups in total. The van der Waals surface area contributed by atoms with Crippen molar-refractivity contribution in [1.82, 2.24) is 14.5 Å². The number of nitrogens with zero attached hydrogens (tertiary/aromatic N) is 2. The first kappa shape index (κ1) is 16.9. The van der Waals surface area contributed by atoms with Crippen molar-refractivity contribution >= 4 is 21.4 Å². The molecule has 1 aliphatic heterocycles. The summed E-state index contributed by atoms with van der Waals surface area (Å²) < 4.78 is 27.3. The molecule has 120 valence electrons. The molecule has 1 aromatic heterocycles. The van der Waals surface area contributed by atoms with E-state index < -0.39 is 10.0 Å². The number of thiophene rings is 1. The van der Waals surface area contributed by atoms with Gasteiger partial charge in [0.2, 0.25) is 10.0 Å². The van der Waals surface area contributed by atoms with Gasteiger partial charge in [0.25, 0.3) is 0 Å². The van der Waals surface area contributed by atoms with Gasteiger partial charge in [-0.15, -0.1) is 11.3 Å². The lowest BCUT2D eigenvalue weighted by Gasteiger charge is -2.26. The van der Waals surface area contributed by atoms with E-state index in [0.717, 1.165) is 37.5 Å². The SMILES string of the molecule is CCNCc1cc(S(=O)(=O)N2CCCN(C)CC2C)cs1. The van der Waals surface area contributed by atoms with Gasteiger partial charge in [-0.1, -0.05) is 6.92 Å². The van der Waals surface area contributed by atoms with E-state index in [4.69, 9.17) is 0 Å². The summed E-state index contributed by atoms with van der Waals surface area (Å²) >= 11 is 1.51. The third kappa shape index (κ3) is 4.04. The highest BCUT2D eigenvalue weighted by Crippen LogP contribution is 2.25. The largest absolute Gasteiger partial charge is 0.312 e. The lowest BCUT2D eigenvalue weighted by atomic mass is 10.3. The van der Waals surface area contributed by atoms with Gasteiger partial charge < -0.3 is 10.2 Å². The van der Waals surface area contributed by atoms with Gasteiger partial charge >= 0.3 is 0 Å². The summed E-state index contributed by atoms with van der Waals surface area (Å²) in [5, 5.41) is 5.00. The van der Waals surface area contributed by atoms with Crippen molar-refractivity contribution in [3.05, 3.63) is 16.3 Å². The quantitative estimate of drug-likeness (QED) is 0.890. The maximum absolute atomic E-state index is 12.8. The smallest absolute Gasteiger partial charge is 0.244 e. The predicted octanol–water partition coefficient (Wildman–Crippen LogP) is 1.57. The molecule has 0 bridgehead atoms. The summed E-state index contributed by atoms with van der Waals surface area (Å²) in [6.45, 7) is 7.99. The van der Waals surface area contributed by atoms with Gasteiger partial charge in [-0.2, -0.15) is 4.31 Å². The van der Waals surface area contributed by atoms with Crippen LogP contribution in [0.5, 0.6) is 0 Å². The zero-order chi connectivity index (χ0) is 15.5. The predicted molar refractivity (Wildman–Crippen MR) is 87.2 cm³/mol. The van der Waals surface area contributed by atoms with E-state index in [1.807, 2.05) is 27.0 Å². The van der Waals surface area contributed by atoms with Crippen LogP contribution < -0.4 is 5.32 Å². The lowest BCUT2D eigenvalue weighted by Crippen LogP contribution is -2.41. The Morgan fingerprint density at radius 1 is 1.43 bits per heavy atom. The summed E-state index contributed by atoms with van der Waals surface area (Å²) in [5.41, 5.74) is 0. The van der Waals surface area contributed by atoms with Crippen molar-refractivity contribution in [2.45, 2.75) is 37.8 Å². The number of rotatable bonds is 5. The number of hydrogen-bond acceptors (Lipinski definition) is 5. The zero-order valence-corrected chi connectivity index (χ0v) is 14.6. The normalized spacial score (nSPS) is 22.3. The van der Waals surface area contributed by atoms with Crippen molar-refractivity contribution in [1.29, 1.82) is 0 Å². The Hall–Kier alpha value is -0.470. The fourth-order valence-electron chi connectivity index (χ4n) is 2.68. The number of hydrogen-bond donors (Lipinski definition) is 1. The molecule has 0 radical (unpaired) electrons. The molecule has 21 heavy (non-hydrogen) atoms. The molecular weight excluding hydrogens is 306 g/mol. The van der Waals surface area contributed by atoms with Crippen LogP contribution in [0.1, 0.15) is 25.1 Å². The fourth-order valence-corrected chi connectivity index (χ4v) is 5.57. The van der Waals surface area contributed by atoms with Crippen LogP contribution in [0.2, 0.25) is 0 Å². The Morgan fingerprint density at radius 2 is 2.19 bits per heavy atom. The van der Waals surface area contributed by atoms with Crippen molar-refractivity contribution in [3.63, 3.8) is 0 Å². The van der Waals surface area contributed by atoms with Crippen molar-refractivity contribution in [2.24, 2.45) is 0 Å². The summed E-state index contributed by atoms with van der Waals surface area (Å²) in [4.78, 5) is 3.71. The van der Waals surface area contributed by atoms with E-state index in [1.165, 1.54) is 11.3 Å². The van der Waals surface area contributed by atoms with Crippen molar-refractivity contribution in [3.8, 4) is 0 Å². The van der Waals surface area contributed by atoms with E-state index in [1.54, 1.807) is 9.69 Å². The Balaban J connectivity index is 2.18. The van der Waals surface area contributed by atoms with Gasteiger partial charge in [-0.05, 0) is 39.5 Å². The summed E-state index contributed by atoms with van der Waals surface area (Å²) in [6.07, 6.45) is 0.883. The lowest BCUT2D eigenvalue weighted by molar-refractivity contribution is 0.290. The summed E-state index contributed by atoms with van der Waals surface area (Å²) in [5.74, 6) is 0.